The van der Waals surface area contributed by atoms with Crippen molar-refractivity contribution in [3.8, 4) is 11.5 Å². The number of nitrogens with one attached hydrogen (secondary N) is 1. The largest absolute Gasteiger partial charge is 0.504 e. The van der Waals surface area contributed by atoms with Crippen LogP contribution >= 0.6 is 0 Å². The number of anilines is 1. The first-order valence-electron chi connectivity index (χ1n) is 7.55. The first-order chi connectivity index (χ1) is 11.6. The van der Waals surface area contributed by atoms with Crippen LogP contribution in [0.4, 0.5) is 11.4 Å². The topological polar surface area (TPSA) is 97.0 Å². The quantitative estimate of drug-likeness (QED) is 0.335. The number of aromatic hydroxyl groups is 1. The highest BCUT2D eigenvalue weighted by Gasteiger charge is 2.11. The van der Waals surface area contributed by atoms with Crippen LogP contribution in [0.2, 0.25) is 0 Å². The van der Waals surface area contributed by atoms with Crippen molar-refractivity contribution in [1.82, 2.24) is 0 Å². The van der Waals surface area contributed by atoms with Crippen molar-refractivity contribution in [3.05, 3.63) is 58.1 Å². The zero-order valence-corrected chi connectivity index (χ0v) is 13.3. The molecule has 2 aromatic carbocycles. The number of hydrogen-bond donors (Lipinski definition) is 2. The molecule has 0 aliphatic carbocycles. The maximum Gasteiger partial charge on any atom is 0.292 e. The van der Waals surface area contributed by atoms with E-state index in [9.17, 15) is 15.2 Å². The Kier molecular flexibility index (Phi) is 6.13. The standard InChI is InChI=1S/C17H19N3O4/c1-2-24-16-9-5-6-13(17(16)21)12-18-10-11-19-14-7-3-4-8-15(14)20(22)23/h3-9,12,19,21H,2,10-11H2,1H3. The smallest absolute Gasteiger partial charge is 0.292 e. The minimum absolute atomic E-state index is 0.0311. The highest BCUT2D eigenvalue weighted by atomic mass is 16.6. The van der Waals surface area contributed by atoms with Crippen molar-refractivity contribution in [2.75, 3.05) is 25.0 Å². The number of nitro groups is 1. The van der Waals surface area contributed by atoms with Gasteiger partial charge in [-0.05, 0) is 25.1 Å². The second-order valence-electron chi connectivity index (χ2n) is 4.86. The van der Waals surface area contributed by atoms with Gasteiger partial charge in [-0.1, -0.05) is 18.2 Å². The minimum Gasteiger partial charge on any atom is -0.504 e. The molecular weight excluding hydrogens is 310 g/mol. The Morgan fingerprint density at radius 3 is 2.83 bits per heavy atom. The summed E-state index contributed by atoms with van der Waals surface area (Å²) in [5.74, 6) is 0.467. The van der Waals surface area contributed by atoms with Gasteiger partial charge in [0.1, 0.15) is 5.69 Å². The van der Waals surface area contributed by atoms with Gasteiger partial charge in [-0.2, -0.15) is 0 Å². The normalized spacial score (nSPS) is 10.7. The Labute approximate surface area is 139 Å². The summed E-state index contributed by atoms with van der Waals surface area (Å²) in [6, 6.07) is 11.6. The van der Waals surface area contributed by atoms with Crippen LogP contribution < -0.4 is 10.1 Å². The fourth-order valence-corrected chi connectivity index (χ4v) is 2.12. The lowest BCUT2D eigenvalue weighted by molar-refractivity contribution is -0.384. The SMILES string of the molecule is CCOc1cccc(C=NCCNc2ccccc2[N+](=O)[O-])c1O. The Bertz CT molecular complexity index is 732. The molecule has 0 saturated carbocycles. The fraction of sp³-hybridized carbons (Fsp3) is 0.235. The van der Waals surface area contributed by atoms with E-state index in [1.54, 1.807) is 42.6 Å². The Morgan fingerprint density at radius 1 is 1.29 bits per heavy atom. The second kappa shape index (κ2) is 8.52. The van der Waals surface area contributed by atoms with Crippen molar-refractivity contribution in [3.63, 3.8) is 0 Å². The molecule has 0 radical (unpaired) electrons. The zero-order chi connectivity index (χ0) is 17.4. The van der Waals surface area contributed by atoms with Crippen LogP contribution in [0.15, 0.2) is 47.5 Å². The summed E-state index contributed by atoms with van der Waals surface area (Å²) in [6.45, 7) is 3.15. The predicted octanol–water partition coefficient (Wildman–Crippen LogP) is 3.23. The maximum atomic E-state index is 10.9. The van der Waals surface area contributed by atoms with E-state index >= 15 is 0 Å². The van der Waals surface area contributed by atoms with Crippen LogP contribution in [-0.2, 0) is 0 Å². The molecule has 0 aliphatic heterocycles. The molecule has 0 spiro atoms. The molecule has 0 aromatic heterocycles. The Hall–Kier alpha value is -3.09. The first-order valence-corrected chi connectivity index (χ1v) is 7.55. The van der Waals surface area contributed by atoms with Gasteiger partial charge in [0.15, 0.2) is 11.5 Å². The number of benzene rings is 2. The number of ether oxygens (including phenoxy) is 1. The van der Waals surface area contributed by atoms with Crippen molar-refractivity contribution >= 4 is 17.6 Å². The van der Waals surface area contributed by atoms with Gasteiger partial charge in [0, 0.05) is 24.4 Å². The maximum absolute atomic E-state index is 10.9. The van der Waals surface area contributed by atoms with E-state index in [0.29, 0.717) is 36.7 Å². The number of para-hydroxylation sites is 3. The van der Waals surface area contributed by atoms with Crippen LogP contribution in [0.1, 0.15) is 12.5 Å². The van der Waals surface area contributed by atoms with Gasteiger partial charge in [0.25, 0.3) is 5.69 Å². The van der Waals surface area contributed by atoms with E-state index in [2.05, 4.69) is 10.3 Å². The minimum atomic E-state index is -0.428. The molecule has 0 fully saturated rings. The second-order valence-corrected chi connectivity index (χ2v) is 4.86. The zero-order valence-electron chi connectivity index (χ0n) is 13.3. The average molecular weight is 329 g/mol. The lowest BCUT2D eigenvalue weighted by Gasteiger charge is -2.07. The molecule has 0 saturated heterocycles. The molecule has 0 unspecified atom stereocenters. The third kappa shape index (κ3) is 4.45. The number of hydrogen-bond acceptors (Lipinski definition) is 6. The lowest BCUT2D eigenvalue weighted by Crippen LogP contribution is -2.07. The molecule has 0 atom stereocenters. The van der Waals surface area contributed by atoms with Crippen LogP contribution in [0, 0.1) is 10.1 Å². The molecule has 126 valence electrons. The molecule has 0 amide bonds. The third-order valence-electron chi connectivity index (χ3n) is 3.22. The monoisotopic (exact) mass is 329 g/mol. The highest BCUT2D eigenvalue weighted by molar-refractivity contribution is 5.84. The summed E-state index contributed by atoms with van der Waals surface area (Å²) in [5.41, 5.74) is 1.05. The van der Waals surface area contributed by atoms with Gasteiger partial charge in [0.2, 0.25) is 0 Å². The summed E-state index contributed by atoms with van der Waals surface area (Å²) in [7, 11) is 0. The predicted molar refractivity (Wildman–Crippen MR) is 93.3 cm³/mol. The van der Waals surface area contributed by atoms with Crippen molar-refractivity contribution < 1.29 is 14.8 Å². The molecule has 0 heterocycles. The average Bonchev–Trinajstić information content (AvgIpc) is 2.58. The highest BCUT2D eigenvalue weighted by Crippen LogP contribution is 2.28. The van der Waals surface area contributed by atoms with E-state index in [1.807, 2.05) is 6.92 Å². The van der Waals surface area contributed by atoms with Gasteiger partial charge < -0.3 is 15.2 Å². The molecule has 7 heteroatoms. The van der Waals surface area contributed by atoms with Crippen molar-refractivity contribution in [2.45, 2.75) is 6.92 Å². The van der Waals surface area contributed by atoms with Gasteiger partial charge >= 0.3 is 0 Å². The number of nitro benzene ring substituents is 1. The molecule has 0 bridgehead atoms. The molecule has 24 heavy (non-hydrogen) atoms. The summed E-state index contributed by atoms with van der Waals surface area (Å²) in [5, 5.41) is 23.9. The van der Waals surface area contributed by atoms with E-state index in [4.69, 9.17) is 4.74 Å². The summed E-state index contributed by atoms with van der Waals surface area (Å²) in [4.78, 5) is 14.7. The number of rotatable bonds is 8. The summed E-state index contributed by atoms with van der Waals surface area (Å²) < 4.78 is 5.31. The van der Waals surface area contributed by atoms with Gasteiger partial charge in [-0.3, -0.25) is 15.1 Å². The van der Waals surface area contributed by atoms with E-state index in [-0.39, 0.29) is 11.4 Å². The van der Waals surface area contributed by atoms with Crippen molar-refractivity contribution in [1.29, 1.82) is 0 Å². The number of phenolic OH excluding ortho intramolecular Hbond substituents is 1. The molecule has 2 aromatic rings. The summed E-state index contributed by atoms with van der Waals surface area (Å²) in [6.07, 6.45) is 1.55. The fourth-order valence-electron chi connectivity index (χ4n) is 2.12. The Balaban J connectivity index is 1.92. The van der Waals surface area contributed by atoms with Crippen molar-refractivity contribution in [2.24, 2.45) is 4.99 Å². The third-order valence-corrected chi connectivity index (χ3v) is 3.22. The van der Waals surface area contributed by atoms with Gasteiger partial charge in [-0.15, -0.1) is 0 Å². The lowest BCUT2D eigenvalue weighted by atomic mass is 10.2. The number of aliphatic imine (C=N–C) groups is 1. The van der Waals surface area contributed by atoms with Gasteiger partial charge in [-0.25, -0.2) is 0 Å². The van der Waals surface area contributed by atoms with Crippen LogP contribution in [0.5, 0.6) is 11.5 Å². The summed E-state index contributed by atoms with van der Waals surface area (Å²) >= 11 is 0. The van der Waals surface area contributed by atoms with Crippen LogP contribution in [0.3, 0.4) is 0 Å². The number of phenols is 1. The molecular formula is C17H19N3O4. The molecule has 2 rings (SSSR count). The molecule has 2 N–H and O–H groups in total. The van der Waals surface area contributed by atoms with Crippen LogP contribution in [-0.4, -0.2) is 35.9 Å². The van der Waals surface area contributed by atoms with E-state index in [1.165, 1.54) is 6.07 Å². The molecule has 7 nitrogen and oxygen atoms in total. The Morgan fingerprint density at radius 2 is 2.08 bits per heavy atom. The molecule has 0 aliphatic rings. The number of nitrogens with zero attached hydrogens (tertiary/aromatic N) is 2. The van der Waals surface area contributed by atoms with Gasteiger partial charge in [0.05, 0.1) is 18.1 Å². The van der Waals surface area contributed by atoms with E-state index in [0.717, 1.165) is 0 Å². The van der Waals surface area contributed by atoms with Crippen LogP contribution in [0.25, 0.3) is 0 Å². The first kappa shape index (κ1) is 17.3. The van der Waals surface area contributed by atoms with E-state index < -0.39 is 4.92 Å².